The van der Waals surface area contributed by atoms with Gasteiger partial charge in [0.05, 0.1) is 10.6 Å². The third kappa shape index (κ3) is 4.28. The smallest absolute Gasteiger partial charge is 0.335 e. The molecule has 4 aliphatic carbocycles. The molecule has 2 N–H and O–H groups in total. The fourth-order valence-electron chi connectivity index (χ4n) is 7.32. The third-order valence-corrected chi connectivity index (χ3v) is 8.94. The summed E-state index contributed by atoms with van der Waals surface area (Å²) in [5.41, 5.74) is 0.486. The molecule has 4 bridgehead atoms. The molecule has 3 unspecified atom stereocenters. The van der Waals surface area contributed by atoms with Crippen molar-refractivity contribution in [3.63, 3.8) is 0 Å². The number of nitrogens with one attached hydrogen (secondary N) is 2. The van der Waals surface area contributed by atoms with Crippen molar-refractivity contribution in [2.45, 2.75) is 63.1 Å². The van der Waals surface area contributed by atoms with E-state index in [1.165, 1.54) is 18.1 Å². The van der Waals surface area contributed by atoms with Crippen LogP contribution in [0.1, 0.15) is 56.6 Å². The van der Waals surface area contributed by atoms with Gasteiger partial charge in [-0.15, -0.1) is 0 Å². The maximum Gasteiger partial charge on any atom is 0.417 e. The van der Waals surface area contributed by atoms with Gasteiger partial charge in [0.2, 0.25) is 0 Å². The lowest BCUT2D eigenvalue weighted by Crippen LogP contribution is -2.60. The maximum absolute atomic E-state index is 13.2. The van der Waals surface area contributed by atoms with Crippen LogP contribution in [0.2, 0.25) is 10.0 Å². The molecule has 2 amide bonds. The molecule has 34 heavy (non-hydrogen) atoms. The predicted molar refractivity (Wildman–Crippen MR) is 128 cm³/mol. The van der Waals surface area contributed by atoms with Crippen molar-refractivity contribution >= 4 is 34.9 Å². The normalized spacial score (nSPS) is 30.8. The number of hydrogen-bond acceptors (Lipinski definition) is 1. The second-order valence-corrected chi connectivity index (χ2v) is 11.5. The lowest BCUT2D eigenvalue weighted by molar-refractivity contribution is -0.137. The highest BCUT2D eigenvalue weighted by Gasteiger charge is 2.59. The summed E-state index contributed by atoms with van der Waals surface area (Å²) in [6.45, 7) is 2.03. The highest BCUT2D eigenvalue weighted by molar-refractivity contribution is 6.31. The Balaban J connectivity index is 1.33. The zero-order valence-corrected chi connectivity index (χ0v) is 20.3. The van der Waals surface area contributed by atoms with Crippen LogP contribution in [-0.2, 0) is 11.6 Å². The van der Waals surface area contributed by atoms with Gasteiger partial charge >= 0.3 is 12.2 Å². The topological polar surface area (TPSA) is 41.1 Å². The summed E-state index contributed by atoms with van der Waals surface area (Å²) in [5, 5.41) is 5.95. The summed E-state index contributed by atoms with van der Waals surface area (Å²) in [4.78, 5) is 12.8. The van der Waals surface area contributed by atoms with Gasteiger partial charge in [0.1, 0.15) is 0 Å². The highest BCUT2D eigenvalue weighted by Crippen LogP contribution is 2.66. The molecule has 0 aromatic heterocycles. The van der Waals surface area contributed by atoms with E-state index in [1.807, 2.05) is 19.1 Å². The van der Waals surface area contributed by atoms with Gasteiger partial charge in [-0.1, -0.05) is 35.3 Å². The average molecular weight is 511 g/mol. The molecule has 6 rings (SSSR count). The second-order valence-electron chi connectivity index (χ2n) is 10.6. The zero-order chi connectivity index (χ0) is 24.3. The van der Waals surface area contributed by atoms with Crippen LogP contribution in [0.15, 0.2) is 42.5 Å². The van der Waals surface area contributed by atoms with Crippen molar-refractivity contribution in [3.05, 3.63) is 63.6 Å². The summed E-state index contributed by atoms with van der Waals surface area (Å²) in [7, 11) is 0. The molecule has 0 radical (unpaired) electrons. The Labute approximate surface area is 207 Å². The van der Waals surface area contributed by atoms with Gasteiger partial charge in [-0.2, -0.15) is 13.2 Å². The number of hydrogen-bond donors (Lipinski definition) is 2. The monoisotopic (exact) mass is 510 g/mol. The molecule has 4 saturated carbocycles. The van der Waals surface area contributed by atoms with E-state index in [4.69, 9.17) is 23.2 Å². The Morgan fingerprint density at radius 2 is 1.68 bits per heavy atom. The van der Waals surface area contributed by atoms with E-state index in [2.05, 4.69) is 22.8 Å². The molecule has 0 spiro atoms. The van der Waals surface area contributed by atoms with Crippen molar-refractivity contribution in [2.75, 3.05) is 5.32 Å². The fourth-order valence-corrected chi connectivity index (χ4v) is 7.67. The Bertz CT molecular complexity index is 1090. The minimum Gasteiger partial charge on any atom is -0.335 e. The lowest BCUT2D eigenvalue weighted by atomic mass is 9.41. The number of urea groups is 1. The highest BCUT2D eigenvalue weighted by atomic mass is 35.5. The SMILES string of the molecule is CC(NC(=O)Nc1ccc(Cl)c(C(F)(F)F)c1)C12CC3CC(CC(c4ccc(Cl)cc4)(C3)C1)C2. The predicted octanol–water partition coefficient (Wildman–Crippen LogP) is 8.06. The molecule has 8 heteroatoms. The van der Waals surface area contributed by atoms with Gasteiger partial charge in [0, 0.05) is 16.8 Å². The van der Waals surface area contributed by atoms with E-state index in [0.717, 1.165) is 49.3 Å². The minimum absolute atomic E-state index is 0.0296. The Hall–Kier alpha value is -1.92. The molecule has 4 aliphatic rings. The number of anilines is 1. The summed E-state index contributed by atoms with van der Waals surface area (Å²) in [6, 6.07) is 11.0. The average Bonchev–Trinajstić information content (AvgIpc) is 2.73. The first-order valence-electron chi connectivity index (χ1n) is 11.7. The summed E-state index contributed by atoms with van der Waals surface area (Å²) in [6.07, 6.45) is 2.11. The lowest BCUT2D eigenvalue weighted by Gasteiger charge is -2.64. The summed E-state index contributed by atoms with van der Waals surface area (Å²) >= 11 is 11.8. The minimum atomic E-state index is -4.59. The van der Waals surface area contributed by atoms with Gasteiger partial charge in [0.25, 0.3) is 0 Å². The van der Waals surface area contributed by atoms with Crippen LogP contribution in [0.4, 0.5) is 23.7 Å². The Kier molecular flexibility index (Phi) is 5.84. The molecule has 0 heterocycles. The van der Waals surface area contributed by atoms with Gasteiger partial charge in [0.15, 0.2) is 0 Å². The largest absolute Gasteiger partial charge is 0.417 e. The van der Waals surface area contributed by atoms with E-state index in [-0.39, 0.29) is 22.6 Å². The summed E-state index contributed by atoms with van der Waals surface area (Å²) < 4.78 is 39.5. The van der Waals surface area contributed by atoms with Crippen molar-refractivity contribution in [1.29, 1.82) is 0 Å². The molecule has 182 valence electrons. The van der Waals surface area contributed by atoms with Crippen molar-refractivity contribution in [2.24, 2.45) is 17.3 Å². The number of amides is 2. The maximum atomic E-state index is 13.2. The Morgan fingerprint density at radius 1 is 1.03 bits per heavy atom. The van der Waals surface area contributed by atoms with Gasteiger partial charge in [-0.3, -0.25) is 0 Å². The van der Waals surface area contributed by atoms with Gasteiger partial charge in [-0.05, 0) is 104 Å². The molecular weight excluding hydrogens is 484 g/mol. The first-order valence-corrected chi connectivity index (χ1v) is 12.4. The van der Waals surface area contributed by atoms with Gasteiger partial charge in [-0.25, -0.2) is 4.79 Å². The molecule has 0 aliphatic heterocycles. The molecule has 4 fully saturated rings. The van der Waals surface area contributed by atoms with Crippen LogP contribution < -0.4 is 10.6 Å². The molecule has 3 atom stereocenters. The molecule has 3 nitrogen and oxygen atoms in total. The van der Waals surface area contributed by atoms with Crippen LogP contribution in [0.5, 0.6) is 0 Å². The van der Waals surface area contributed by atoms with E-state index < -0.39 is 22.8 Å². The fraction of sp³-hybridized carbons (Fsp3) is 0.500. The van der Waals surface area contributed by atoms with Crippen LogP contribution in [0.25, 0.3) is 0 Å². The van der Waals surface area contributed by atoms with Crippen molar-refractivity contribution in [3.8, 4) is 0 Å². The number of carbonyl (C=O) groups excluding carboxylic acids is 1. The van der Waals surface area contributed by atoms with Crippen LogP contribution in [-0.4, -0.2) is 12.1 Å². The van der Waals surface area contributed by atoms with Crippen LogP contribution in [0, 0.1) is 17.3 Å². The summed E-state index contributed by atoms with van der Waals surface area (Å²) in [5.74, 6) is 1.24. The second kappa shape index (κ2) is 8.34. The van der Waals surface area contributed by atoms with E-state index in [0.29, 0.717) is 11.8 Å². The number of benzene rings is 2. The number of carbonyl (C=O) groups is 1. The quantitative estimate of drug-likeness (QED) is 0.428. The molecule has 2 aromatic carbocycles. The van der Waals surface area contributed by atoms with Gasteiger partial charge < -0.3 is 10.6 Å². The Morgan fingerprint density at radius 3 is 2.29 bits per heavy atom. The first kappa shape index (κ1) is 23.8. The standard InChI is InChI=1S/C26H27Cl2F3N2O/c1-15(32-23(34)33-20-6-7-22(28)21(9-20)26(29,30)31)24-10-16-8-17(11-24)13-25(12-16,14-24)18-2-4-19(27)5-3-18/h2-7,9,15-17H,8,10-14H2,1H3,(H2,32,33,34). The van der Waals surface area contributed by atoms with Crippen molar-refractivity contribution < 1.29 is 18.0 Å². The van der Waals surface area contributed by atoms with Crippen LogP contribution in [0.3, 0.4) is 0 Å². The third-order valence-electron chi connectivity index (χ3n) is 8.36. The number of rotatable bonds is 4. The van der Waals surface area contributed by atoms with E-state index in [1.54, 1.807) is 0 Å². The zero-order valence-electron chi connectivity index (χ0n) is 18.8. The first-order chi connectivity index (χ1) is 16.0. The van der Waals surface area contributed by atoms with E-state index in [9.17, 15) is 18.0 Å². The molecule has 2 aromatic rings. The van der Waals surface area contributed by atoms with E-state index >= 15 is 0 Å². The van der Waals surface area contributed by atoms with Crippen molar-refractivity contribution in [1.82, 2.24) is 5.32 Å². The number of halogens is 5. The number of alkyl halides is 3. The molecular formula is C26H27Cl2F3N2O. The molecule has 0 saturated heterocycles. The van der Waals surface area contributed by atoms with Crippen LogP contribution >= 0.6 is 23.2 Å².